The minimum absolute atomic E-state index is 0.272. The molecule has 1 aromatic carbocycles. The standard InChI is InChI=1S/C9H6F5NO/c10-8(11,12)9(13,14)15-7(16)6-4-2-1-3-5-6/h1-5H,(H,15,16). The number of carbonyl (C=O) groups excluding carboxylic acids is 1. The molecule has 16 heavy (non-hydrogen) atoms. The van der Waals surface area contributed by atoms with Crippen LogP contribution in [0.25, 0.3) is 0 Å². The normalized spacial score (nSPS) is 12.3. The van der Waals surface area contributed by atoms with Crippen LogP contribution in [-0.4, -0.2) is 18.1 Å². The highest BCUT2D eigenvalue weighted by atomic mass is 19.4. The van der Waals surface area contributed by atoms with Crippen LogP contribution in [0.4, 0.5) is 22.0 Å². The molecule has 0 saturated carbocycles. The average Bonchev–Trinajstić information content (AvgIpc) is 2.16. The fourth-order valence-electron chi connectivity index (χ4n) is 0.875. The van der Waals surface area contributed by atoms with Crippen LogP contribution >= 0.6 is 0 Å². The van der Waals surface area contributed by atoms with Crippen molar-refractivity contribution in [2.45, 2.75) is 12.2 Å². The van der Waals surface area contributed by atoms with E-state index < -0.39 is 18.1 Å². The molecule has 0 aliphatic heterocycles. The Morgan fingerprint density at radius 2 is 1.50 bits per heavy atom. The summed E-state index contributed by atoms with van der Waals surface area (Å²) in [7, 11) is 0. The SMILES string of the molecule is O=C(NC(F)(F)C(F)(F)F)c1ccccc1. The van der Waals surface area contributed by atoms with Gasteiger partial charge in [0.15, 0.2) is 0 Å². The van der Waals surface area contributed by atoms with E-state index in [0.29, 0.717) is 5.32 Å². The van der Waals surface area contributed by atoms with Crippen molar-refractivity contribution in [3.8, 4) is 0 Å². The van der Waals surface area contributed by atoms with E-state index in [2.05, 4.69) is 0 Å². The molecule has 2 nitrogen and oxygen atoms in total. The first-order valence-electron chi connectivity index (χ1n) is 4.06. The van der Waals surface area contributed by atoms with Crippen molar-refractivity contribution in [1.29, 1.82) is 0 Å². The van der Waals surface area contributed by atoms with E-state index in [-0.39, 0.29) is 5.56 Å². The van der Waals surface area contributed by atoms with Gasteiger partial charge in [0.1, 0.15) is 0 Å². The number of amides is 1. The van der Waals surface area contributed by atoms with Crippen LogP contribution in [0.3, 0.4) is 0 Å². The smallest absolute Gasteiger partial charge is 0.285 e. The molecule has 0 aromatic heterocycles. The highest BCUT2D eigenvalue weighted by molar-refractivity contribution is 5.94. The molecule has 7 heteroatoms. The zero-order chi connectivity index (χ0) is 12.4. The fourth-order valence-corrected chi connectivity index (χ4v) is 0.875. The summed E-state index contributed by atoms with van der Waals surface area (Å²) >= 11 is 0. The van der Waals surface area contributed by atoms with Crippen LogP contribution in [0.2, 0.25) is 0 Å². The van der Waals surface area contributed by atoms with Crippen LogP contribution in [0.1, 0.15) is 10.4 Å². The molecule has 0 aliphatic rings. The van der Waals surface area contributed by atoms with Crippen LogP contribution in [0, 0.1) is 0 Å². The summed E-state index contributed by atoms with van der Waals surface area (Å²) in [5, 5.41) is 0.615. The minimum atomic E-state index is -5.81. The number of benzene rings is 1. The number of hydrogen-bond acceptors (Lipinski definition) is 1. The first-order chi connectivity index (χ1) is 7.24. The van der Waals surface area contributed by atoms with Crippen molar-refractivity contribution in [1.82, 2.24) is 5.32 Å². The number of nitrogens with one attached hydrogen (secondary N) is 1. The molecule has 1 rings (SSSR count). The topological polar surface area (TPSA) is 29.1 Å². The van der Waals surface area contributed by atoms with Gasteiger partial charge in [0.25, 0.3) is 5.91 Å². The Labute approximate surface area is 87.1 Å². The third kappa shape index (κ3) is 2.68. The largest absolute Gasteiger partial charge is 0.475 e. The van der Waals surface area contributed by atoms with Gasteiger partial charge in [0.05, 0.1) is 0 Å². The third-order valence-corrected chi connectivity index (χ3v) is 1.66. The van der Waals surface area contributed by atoms with E-state index in [4.69, 9.17) is 0 Å². The quantitative estimate of drug-likeness (QED) is 0.623. The number of rotatable bonds is 2. The van der Waals surface area contributed by atoms with Crippen LogP contribution in [0.15, 0.2) is 30.3 Å². The van der Waals surface area contributed by atoms with Crippen molar-refractivity contribution in [3.05, 3.63) is 35.9 Å². The lowest BCUT2D eigenvalue weighted by Gasteiger charge is -2.20. The number of halogens is 5. The van der Waals surface area contributed by atoms with Gasteiger partial charge in [-0.25, -0.2) is 0 Å². The zero-order valence-electron chi connectivity index (χ0n) is 7.68. The molecule has 1 aromatic rings. The summed E-state index contributed by atoms with van der Waals surface area (Å²) < 4.78 is 60.1. The predicted molar refractivity (Wildman–Crippen MR) is 44.9 cm³/mol. The monoisotopic (exact) mass is 239 g/mol. The Morgan fingerprint density at radius 3 is 1.94 bits per heavy atom. The molecular weight excluding hydrogens is 233 g/mol. The van der Waals surface area contributed by atoms with Gasteiger partial charge in [-0.05, 0) is 12.1 Å². The lowest BCUT2D eigenvalue weighted by molar-refractivity contribution is -0.290. The molecule has 0 spiro atoms. The summed E-state index contributed by atoms with van der Waals surface area (Å²) in [6.07, 6.45) is -5.81. The summed E-state index contributed by atoms with van der Waals surface area (Å²) in [5.41, 5.74) is -0.272. The Balaban J connectivity index is 2.80. The maximum Gasteiger partial charge on any atom is 0.475 e. The summed E-state index contributed by atoms with van der Waals surface area (Å²) in [6, 6.07) is 1.21. The lowest BCUT2D eigenvalue weighted by Crippen LogP contribution is -2.52. The Hall–Kier alpha value is -1.66. The van der Waals surface area contributed by atoms with Gasteiger partial charge in [-0.1, -0.05) is 18.2 Å². The average molecular weight is 239 g/mol. The fraction of sp³-hybridized carbons (Fsp3) is 0.222. The Morgan fingerprint density at radius 1 is 1.00 bits per heavy atom. The van der Waals surface area contributed by atoms with Gasteiger partial charge >= 0.3 is 12.2 Å². The molecule has 0 saturated heterocycles. The van der Waals surface area contributed by atoms with Crippen molar-refractivity contribution < 1.29 is 26.7 Å². The molecule has 0 radical (unpaired) electrons. The van der Waals surface area contributed by atoms with Crippen LogP contribution in [-0.2, 0) is 0 Å². The van der Waals surface area contributed by atoms with Crippen LogP contribution in [0.5, 0.6) is 0 Å². The second-order valence-electron chi connectivity index (χ2n) is 2.89. The Bertz CT molecular complexity index is 373. The summed E-state index contributed by atoms with van der Waals surface area (Å²) in [6.45, 7) is 0. The molecule has 1 N–H and O–H groups in total. The van der Waals surface area contributed by atoms with Gasteiger partial charge in [0, 0.05) is 5.56 Å². The van der Waals surface area contributed by atoms with E-state index in [1.165, 1.54) is 18.2 Å². The molecule has 0 fully saturated rings. The van der Waals surface area contributed by atoms with E-state index in [9.17, 15) is 26.7 Å². The molecule has 0 bridgehead atoms. The summed E-state index contributed by atoms with van der Waals surface area (Å²) in [4.78, 5) is 11.0. The molecule has 1 amide bonds. The van der Waals surface area contributed by atoms with Crippen molar-refractivity contribution in [2.75, 3.05) is 0 Å². The van der Waals surface area contributed by atoms with Crippen molar-refractivity contribution in [2.24, 2.45) is 0 Å². The molecule has 0 unspecified atom stereocenters. The molecular formula is C9H6F5NO. The third-order valence-electron chi connectivity index (χ3n) is 1.66. The van der Waals surface area contributed by atoms with Gasteiger partial charge in [-0.2, -0.15) is 22.0 Å². The number of hydrogen-bond donors (Lipinski definition) is 1. The second-order valence-corrected chi connectivity index (χ2v) is 2.89. The predicted octanol–water partition coefficient (Wildman–Crippen LogP) is 2.57. The van der Waals surface area contributed by atoms with E-state index in [0.717, 1.165) is 12.1 Å². The second kappa shape index (κ2) is 4.07. The molecule has 0 atom stereocenters. The van der Waals surface area contributed by atoms with Gasteiger partial charge in [0.2, 0.25) is 0 Å². The van der Waals surface area contributed by atoms with E-state index >= 15 is 0 Å². The highest BCUT2D eigenvalue weighted by Crippen LogP contribution is 2.33. The lowest BCUT2D eigenvalue weighted by atomic mass is 10.2. The van der Waals surface area contributed by atoms with E-state index in [1.807, 2.05) is 0 Å². The van der Waals surface area contributed by atoms with Crippen molar-refractivity contribution >= 4 is 5.91 Å². The summed E-state index contributed by atoms with van der Waals surface area (Å²) in [5.74, 6) is -1.48. The van der Waals surface area contributed by atoms with Gasteiger partial charge in [-0.3, -0.25) is 10.1 Å². The minimum Gasteiger partial charge on any atom is -0.285 e. The highest BCUT2D eigenvalue weighted by Gasteiger charge is 2.58. The first-order valence-corrected chi connectivity index (χ1v) is 4.06. The maximum atomic E-state index is 12.4. The maximum absolute atomic E-state index is 12.4. The zero-order valence-corrected chi connectivity index (χ0v) is 7.68. The molecule has 0 aliphatic carbocycles. The van der Waals surface area contributed by atoms with Gasteiger partial charge in [-0.15, -0.1) is 0 Å². The van der Waals surface area contributed by atoms with E-state index in [1.54, 1.807) is 0 Å². The molecule has 88 valence electrons. The van der Waals surface area contributed by atoms with Gasteiger partial charge < -0.3 is 0 Å². The van der Waals surface area contributed by atoms with Crippen LogP contribution < -0.4 is 5.32 Å². The number of alkyl halides is 5. The first kappa shape index (κ1) is 12.4. The molecule has 0 heterocycles. The Kier molecular flexibility index (Phi) is 3.16. The van der Waals surface area contributed by atoms with Crippen molar-refractivity contribution in [3.63, 3.8) is 0 Å². The number of carbonyl (C=O) groups is 1.